The molecule has 0 spiro atoms. The molecular weight excluding hydrogens is 348 g/mol. The van der Waals surface area contributed by atoms with E-state index in [-0.39, 0.29) is 36.8 Å². The van der Waals surface area contributed by atoms with E-state index >= 15 is 0 Å². The van der Waals surface area contributed by atoms with Gasteiger partial charge in [0.05, 0.1) is 18.6 Å². The van der Waals surface area contributed by atoms with Crippen molar-refractivity contribution in [1.29, 1.82) is 0 Å². The second-order valence-electron chi connectivity index (χ2n) is 7.53. The predicted octanol–water partition coefficient (Wildman–Crippen LogP) is 2.30. The molecule has 0 bridgehead atoms. The number of methoxy groups -OCH3 is 1. The molecule has 1 amide bonds. The summed E-state index contributed by atoms with van der Waals surface area (Å²) in [6, 6.07) is 1.97. The molecule has 150 valence electrons. The molecule has 2 rings (SSSR count). The number of aromatic nitrogens is 1. The van der Waals surface area contributed by atoms with Crippen LogP contribution in [0.2, 0.25) is 0 Å². The zero-order valence-electron chi connectivity index (χ0n) is 17.1. The normalized spacial score (nSPS) is 18.3. The summed E-state index contributed by atoms with van der Waals surface area (Å²) >= 11 is 0. The molecule has 0 radical (unpaired) electrons. The van der Waals surface area contributed by atoms with Crippen molar-refractivity contribution in [1.82, 2.24) is 9.47 Å². The third-order valence-corrected chi connectivity index (χ3v) is 5.09. The van der Waals surface area contributed by atoms with Crippen LogP contribution in [0.25, 0.3) is 0 Å². The SMILES string of the molecule is COCC(C)n1c(C)cc(C(=O)COC(=O)C2CC(=O)N(C(C)C)C2)c1C. The third kappa shape index (κ3) is 4.58. The highest BCUT2D eigenvalue weighted by Crippen LogP contribution is 2.23. The molecule has 1 aliphatic rings. The average molecular weight is 378 g/mol. The summed E-state index contributed by atoms with van der Waals surface area (Å²) in [4.78, 5) is 38.4. The Morgan fingerprint density at radius 3 is 2.48 bits per heavy atom. The quantitative estimate of drug-likeness (QED) is 0.512. The number of ether oxygens (including phenoxy) is 2. The molecule has 1 aliphatic heterocycles. The first-order chi connectivity index (χ1) is 12.7. The second kappa shape index (κ2) is 8.69. The van der Waals surface area contributed by atoms with E-state index in [1.165, 1.54) is 0 Å². The van der Waals surface area contributed by atoms with E-state index in [1.54, 1.807) is 12.0 Å². The maximum atomic E-state index is 12.6. The van der Waals surface area contributed by atoms with Gasteiger partial charge in [0.15, 0.2) is 6.61 Å². The summed E-state index contributed by atoms with van der Waals surface area (Å²) in [5.74, 6) is -1.27. The van der Waals surface area contributed by atoms with E-state index in [4.69, 9.17) is 9.47 Å². The van der Waals surface area contributed by atoms with Crippen LogP contribution in [0, 0.1) is 19.8 Å². The molecule has 2 heterocycles. The molecule has 27 heavy (non-hydrogen) atoms. The lowest BCUT2D eigenvalue weighted by molar-refractivity contribution is -0.147. The second-order valence-corrected chi connectivity index (χ2v) is 7.53. The van der Waals surface area contributed by atoms with Crippen molar-refractivity contribution >= 4 is 17.7 Å². The first-order valence-corrected chi connectivity index (χ1v) is 9.34. The number of carbonyl (C=O) groups is 3. The summed E-state index contributed by atoms with van der Waals surface area (Å²) in [5.41, 5.74) is 2.34. The van der Waals surface area contributed by atoms with Crippen molar-refractivity contribution in [2.75, 3.05) is 26.9 Å². The monoisotopic (exact) mass is 378 g/mol. The Morgan fingerprint density at radius 2 is 1.93 bits per heavy atom. The Bertz CT molecular complexity index is 722. The molecule has 0 saturated carbocycles. The van der Waals surface area contributed by atoms with Gasteiger partial charge in [-0.15, -0.1) is 0 Å². The zero-order chi connectivity index (χ0) is 20.3. The molecule has 2 unspecified atom stereocenters. The van der Waals surface area contributed by atoms with Gasteiger partial charge in [0.25, 0.3) is 0 Å². The Hall–Kier alpha value is -2.15. The maximum absolute atomic E-state index is 12.6. The number of amides is 1. The lowest BCUT2D eigenvalue weighted by atomic mass is 10.1. The van der Waals surface area contributed by atoms with Crippen molar-refractivity contribution in [3.63, 3.8) is 0 Å². The first-order valence-electron chi connectivity index (χ1n) is 9.34. The highest BCUT2D eigenvalue weighted by atomic mass is 16.5. The van der Waals surface area contributed by atoms with Crippen molar-refractivity contribution < 1.29 is 23.9 Å². The van der Waals surface area contributed by atoms with E-state index in [1.807, 2.05) is 40.7 Å². The lowest BCUT2D eigenvalue weighted by Gasteiger charge is -2.20. The number of aryl methyl sites for hydroxylation is 1. The molecule has 1 aromatic rings. The van der Waals surface area contributed by atoms with Gasteiger partial charge in [0.1, 0.15) is 0 Å². The van der Waals surface area contributed by atoms with E-state index in [0.29, 0.717) is 18.7 Å². The fourth-order valence-electron chi connectivity index (χ4n) is 3.77. The Morgan fingerprint density at radius 1 is 1.26 bits per heavy atom. The minimum absolute atomic E-state index is 0.0473. The third-order valence-electron chi connectivity index (χ3n) is 5.09. The van der Waals surface area contributed by atoms with Crippen molar-refractivity contribution in [2.24, 2.45) is 5.92 Å². The summed E-state index contributed by atoms with van der Waals surface area (Å²) in [7, 11) is 1.64. The van der Waals surface area contributed by atoms with E-state index in [2.05, 4.69) is 4.57 Å². The number of esters is 1. The summed E-state index contributed by atoms with van der Waals surface area (Å²) in [5, 5.41) is 0. The molecule has 0 N–H and O–H groups in total. The van der Waals surface area contributed by atoms with E-state index in [0.717, 1.165) is 11.4 Å². The Balaban J connectivity index is 1.99. The van der Waals surface area contributed by atoms with Gasteiger partial charge in [0, 0.05) is 43.1 Å². The van der Waals surface area contributed by atoms with Crippen LogP contribution in [-0.2, 0) is 19.1 Å². The molecule has 2 atom stereocenters. The molecular formula is C20H30N2O5. The lowest BCUT2D eigenvalue weighted by Crippen LogP contribution is -2.33. The van der Waals surface area contributed by atoms with Gasteiger partial charge in [-0.3, -0.25) is 14.4 Å². The zero-order valence-corrected chi connectivity index (χ0v) is 17.1. The van der Waals surface area contributed by atoms with Crippen LogP contribution in [0.5, 0.6) is 0 Å². The maximum Gasteiger partial charge on any atom is 0.311 e. The molecule has 7 nitrogen and oxygen atoms in total. The van der Waals surface area contributed by atoms with Gasteiger partial charge < -0.3 is 18.9 Å². The van der Waals surface area contributed by atoms with Crippen molar-refractivity contribution in [3.05, 3.63) is 23.0 Å². The van der Waals surface area contributed by atoms with Gasteiger partial charge in [-0.25, -0.2) is 0 Å². The highest BCUT2D eigenvalue weighted by Gasteiger charge is 2.36. The van der Waals surface area contributed by atoms with Crippen LogP contribution >= 0.6 is 0 Å². The van der Waals surface area contributed by atoms with Gasteiger partial charge in [-0.2, -0.15) is 0 Å². The van der Waals surface area contributed by atoms with E-state index in [9.17, 15) is 14.4 Å². The fraction of sp³-hybridized carbons (Fsp3) is 0.650. The average Bonchev–Trinajstić information content (AvgIpc) is 3.12. The fourth-order valence-corrected chi connectivity index (χ4v) is 3.77. The largest absolute Gasteiger partial charge is 0.457 e. The standard InChI is InChI=1S/C20H30N2O5/c1-12(2)21-9-16(8-19(21)24)20(25)27-11-18(23)17-7-13(3)22(15(17)5)14(4)10-26-6/h7,12,14,16H,8-11H2,1-6H3. The summed E-state index contributed by atoms with van der Waals surface area (Å²) < 4.78 is 12.5. The molecule has 0 aliphatic carbocycles. The van der Waals surface area contributed by atoms with Gasteiger partial charge in [-0.05, 0) is 40.7 Å². The Labute approximate surface area is 160 Å². The van der Waals surface area contributed by atoms with Crippen LogP contribution in [-0.4, -0.2) is 60.0 Å². The number of likely N-dealkylation sites (tertiary alicyclic amines) is 1. The molecule has 1 aromatic heterocycles. The molecule has 1 fully saturated rings. The summed E-state index contributed by atoms with van der Waals surface area (Å²) in [6.45, 7) is 10.2. The number of carbonyl (C=O) groups excluding carboxylic acids is 3. The first kappa shape index (κ1) is 21.2. The molecule has 1 saturated heterocycles. The van der Waals surface area contributed by atoms with Gasteiger partial charge in [-0.1, -0.05) is 0 Å². The number of nitrogens with zero attached hydrogens (tertiary/aromatic N) is 2. The highest BCUT2D eigenvalue weighted by molar-refractivity contribution is 5.99. The van der Waals surface area contributed by atoms with Crippen molar-refractivity contribution in [2.45, 2.75) is 53.1 Å². The Kier molecular flexibility index (Phi) is 6.81. The number of hydrogen-bond acceptors (Lipinski definition) is 5. The molecule has 7 heteroatoms. The van der Waals surface area contributed by atoms with Crippen LogP contribution in [0.15, 0.2) is 6.07 Å². The predicted molar refractivity (Wildman–Crippen MR) is 101 cm³/mol. The van der Waals surface area contributed by atoms with Crippen LogP contribution in [0.3, 0.4) is 0 Å². The van der Waals surface area contributed by atoms with Gasteiger partial charge in [0.2, 0.25) is 11.7 Å². The van der Waals surface area contributed by atoms with Crippen LogP contribution in [0.1, 0.15) is 55.0 Å². The van der Waals surface area contributed by atoms with Crippen LogP contribution < -0.4 is 0 Å². The topological polar surface area (TPSA) is 77.8 Å². The van der Waals surface area contributed by atoms with Gasteiger partial charge >= 0.3 is 5.97 Å². The number of hydrogen-bond donors (Lipinski definition) is 0. The smallest absolute Gasteiger partial charge is 0.311 e. The van der Waals surface area contributed by atoms with Crippen molar-refractivity contribution in [3.8, 4) is 0 Å². The number of ketones is 1. The minimum atomic E-state index is -0.498. The summed E-state index contributed by atoms with van der Waals surface area (Å²) in [6.07, 6.45) is 0.147. The van der Waals surface area contributed by atoms with E-state index < -0.39 is 11.9 Å². The number of rotatable bonds is 8. The van der Waals surface area contributed by atoms with Crippen LogP contribution in [0.4, 0.5) is 0 Å². The minimum Gasteiger partial charge on any atom is -0.457 e. The number of Topliss-reactive ketones (excluding diaryl/α,β-unsaturated/α-hetero) is 1. The molecule has 0 aromatic carbocycles.